The van der Waals surface area contributed by atoms with E-state index in [1.807, 2.05) is 11.0 Å². The van der Waals surface area contributed by atoms with Gasteiger partial charge in [-0.25, -0.2) is 0 Å². The highest BCUT2D eigenvalue weighted by Gasteiger charge is 2.28. The van der Waals surface area contributed by atoms with Crippen molar-refractivity contribution in [1.82, 2.24) is 5.32 Å². The molecule has 0 aliphatic carbocycles. The second-order valence-corrected chi connectivity index (χ2v) is 4.97. The van der Waals surface area contributed by atoms with Gasteiger partial charge in [-0.3, -0.25) is 14.9 Å². The Bertz CT molecular complexity index is 609. The van der Waals surface area contributed by atoms with E-state index < -0.39 is 4.92 Å². The van der Waals surface area contributed by atoms with Crippen molar-refractivity contribution < 1.29 is 9.72 Å². The number of nitro benzene ring substituents is 1. The fourth-order valence-corrected chi connectivity index (χ4v) is 2.62. The van der Waals surface area contributed by atoms with Crippen molar-refractivity contribution in [2.24, 2.45) is 5.92 Å². The van der Waals surface area contributed by atoms with E-state index >= 15 is 0 Å². The van der Waals surface area contributed by atoms with Crippen molar-refractivity contribution in [2.75, 3.05) is 25.0 Å². The third-order valence-electron chi connectivity index (χ3n) is 3.68. The fourth-order valence-electron chi connectivity index (χ4n) is 2.62. The van der Waals surface area contributed by atoms with Gasteiger partial charge in [0.1, 0.15) is 5.69 Å². The number of nitro groups is 1. The number of nitriles is 1. The van der Waals surface area contributed by atoms with Gasteiger partial charge in [0.15, 0.2) is 0 Å². The van der Waals surface area contributed by atoms with E-state index in [1.165, 1.54) is 6.07 Å². The number of amides is 1. The number of nitrogens with one attached hydrogen (secondary N) is 1. The van der Waals surface area contributed by atoms with Crippen molar-refractivity contribution in [2.45, 2.75) is 12.8 Å². The van der Waals surface area contributed by atoms with Crippen LogP contribution in [0.1, 0.15) is 18.4 Å². The summed E-state index contributed by atoms with van der Waals surface area (Å²) in [6.45, 7) is 1.12. The maximum Gasteiger partial charge on any atom is 0.293 e. The molecule has 110 valence electrons. The van der Waals surface area contributed by atoms with Gasteiger partial charge in [0, 0.05) is 26.2 Å². The van der Waals surface area contributed by atoms with Gasteiger partial charge in [0.2, 0.25) is 5.91 Å². The number of hydrogen-bond donors (Lipinski definition) is 1. The molecule has 0 unspecified atom stereocenters. The van der Waals surface area contributed by atoms with Crippen LogP contribution in [0.2, 0.25) is 0 Å². The predicted octanol–water partition coefficient (Wildman–Crippen LogP) is 1.43. The molecule has 1 aromatic carbocycles. The van der Waals surface area contributed by atoms with Crippen molar-refractivity contribution >= 4 is 17.3 Å². The van der Waals surface area contributed by atoms with Gasteiger partial charge < -0.3 is 10.2 Å². The molecule has 1 amide bonds. The van der Waals surface area contributed by atoms with E-state index in [9.17, 15) is 14.9 Å². The van der Waals surface area contributed by atoms with Gasteiger partial charge in [-0.2, -0.15) is 5.26 Å². The Hall–Kier alpha value is -2.62. The smallest absolute Gasteiger partial charge is 0.293 e. The van der Waals surface area contributed by atoms with Gasteiger partial charge >= 0.3 is 0 Å². The molecular formula is C14H16N4O3. The van der Waals surface area contributed by atoms with E-state index in [-0.39, 0.29) is 23.1 Å². The monoisotopic (exact) mass is 288 g/mol. The zero-order valence-corrected chi connectivity index (χ0v) is 11.7. The lowest BCUT2D eigenvalue weighted by molar-refractivity contribution is -0.384. The lowest BCUT2D eigenvalue weighted by Crippen LogP contribution is -2.42. The van der Waals surface area contributed by atoms with Crippen molar-refractivity contribution in [3.8, 4) is 6.07 Å². The van der Waals surface area contributed by atoms with Crippen LogP contribution in [0.15, 0.2) is 18.2 Å². The zero-order valence-electron chi connectivity index (χ0n) is 11.7. The first-order valence-electron chi connectivity index (χ1n) is 6.72. The highest BCUT2D eigenvalue weighted by atomic mass is 16.6. The minimum atomic E-state index is -0.486. The molecule has 1 atom stereocenters. The molecule has 1 saturated heterocycles. The summed E-state index contributed by atoms with van der Waals surface area (Å²) < 4.78 is 0. The summed E-state index contributed by atoms with van der Waals surface area (Å²) >= 11 is 0. The van der Waals surface area contributed by atoms with Gasteiger partial charge in [-0.05, 0) is 25.0 Å². The fraction of sp³-hybridized carbons (Fsp3) is 0.429. The van der Waals surface area contributed by atoms with Crippen LogP contribution in [0, 0.1) is 27.4 Å². The van der Waals surface area contributed by atoms with Gasteiger partial charge in [0.05, 0.1) is 22.5 Å². The van der Waals surface area contributed by atoms with Crippen LogP contribution in [0.5, 0.6) is 0 Å². The number of piperidine rings is 1. The Labute approximate surface area is 122 Å². The molecule has 0 saturated carbocycles. The Morgan fingerprint density at radius 3 is 2.95 bits per heavy atom. The summed E-state index contributed by atoms with van der Waals surface area (Å²) in [5.74, 6) is -0.213. The van der Waals surface area contributed by atoms with Crippen LogP contribution < -0.4 is 10.2 Å². The number of nitrogens with zero attached hydrogens (tertiary/aromatic N) is 3. The van der Waals surface area contributed by atoms with Crippen molar-refractivity contribution in [3.05, 3.63) is 33.9 Å². The summed E-state index contributed by atoms with van der Waals surface area (Å²) in [6.07, 6.45) is 1.58. The first kappa shape index (κ1) is 14.8. The number of hydrogen-bond acceptors (Lipinski definition) is 5. The number of rotatable bonds is 3. The summed E-state index contributed by atoms with van der Waals surface area (Å²) in [7, 11) is 1.59. The molecule has 0 spiro atoms. The average molecular weight is 288 g/mol. The van der Waals surface area contributed by atoms with Crippen LogP contribution >= 0.6 is 0 Å². The SMILES string of the molecule is CNC(=O)[C@@H]1CCCN(c2ccc(C#N)cc2[N+](=O)[O-])C1. The molecule has 7 nitrogen and oxygen atoms in total. The average Bonchev–Trinajstić information content (AvgIpc) is 2.53. The maximum atomic E-state index is 11.7. The van der Waals surface area contributed by atoms with Crippen LogP contribution in [0.4, 0.5) is 11.4 Å². The summed E-state index contributed by atoms with van der Waals surface area (Å²) in [5.41, 5.74) is 0.629. The van der Waals surface area contributed by atoms with Crippen molar-refractivity contribution in [3.63, 3.8) is 0 Å². The second kappa shape index (κ2) is 6.22. The minimum Gasteiger partial charge on any atom is -0.365 e. The molecule has 1 N–H and O–H groups in total. The van der Waals surface area contributed by atoms with Crippen LogP contribution in [-0.4, -0.2) is 31.0 Å². The topological polar surface area (TPSA) is 99.3 Å². The van der Waals surface area contributed by atoms with Gasteiger partial charge in [-0.15, -0.1) is 0 Å². The molecule has 1 fully saturated rings. The lowest BCUT2D eigenvalue weighted by Gasteiger charge is -2.33. The Balaban J connectivity index is 2.31. The van der Waals surface area contributed by atoms with Gasteiger partial charge in [0.25, 0.3) is 5.69 Å². The molecule has 1 aliphatic heterocycles. The van der Waals surface area contributed by atoms with Crippen LogP contribution in [0.3, 0.4) is 0 Å². The largest absolute Gasteiger partial charge is 0.365 e. The normalized spacial score (nSPS) is 17.9. The molecule has 1 aromatic rings. The Morgan fingerprint density at radius 1 is 1.57 bits per heavy atom. The summed E-state index contributed by atoms with van der Waals surface area (Å²) in [6, 6.07) is 6.33. The molecule has 0 aromatic heterocycles. The summed E-state index contributed by atoms with van der Waals surface area (Å²) in [5, 5.41) is 22.7. The number of benzene rings is 1. The molecule has 7 heteroatoms. The van der Waals surface area contributed by atoms with Crippen molar-refractivity contribution in [1.29, 1.82) is 5.26 Å². The van der Waals surface area contributed by atoms with Gasteiger partial charge in [-0.1, -0.05) is 0 Å². The standard InChI is InChI=1S/C14H16N4O3/c1-16-14(19)11-3-2-6-17(9-11)12-5-4-10(8-15)7-13(12)18(20)21/h4-5,7,11H,2-3,6,9H2,1H3,(H,16,19)/t11-/m1/s1. The predicted molar refractivity (Wildman–Crippen MR) is 76.8 cm³/mol. The van der Waals surface area contributed by atoms with Crippen LogP contribution in [-0.2, 0) is 4.79 Å². The number of carbonyl (C=O) groups excluding carboxylic acids is 1. The Morgan fingerprint density at radius 2 is 2.33 bits per heavy atom. The van der Waals surface area contributed by atoms with E-state index in [4.69, 9.17) is 5.26 Å². The molecule has 21 heavy (non-hydrogen) atoms. The second-order valence-electron chi connectivity index (χ2n) is 4.97. The Kier molecular flexibility index (Phi) is 4.38. The zero-order chi connectivity index (χ0) is 15.4. The van der Waals surface area contributed by atoms with E-state index in [0.29, 0.717) is 18.8 Å². The highest BCUT2D eigenvalue weighted by Crippen LogP contribution is 2.32. The summed E-state index contributed by atoms with van der Waals surface area (Å²) in [4.78, 5) is 24.3. The number of carbonyl (C=O) groups is 1. The van der Waals surface area contributed by atoms with E-state index in [2.05, 4.69) is 5.32 Å². The molecule has 0 radical (unpaired) electrons. The molecule has 0 bridgehead atoms. The molecule has 1 heterocycles. The quantitative estimate of drug-likeness (QED) is 0.670. The minimum absolute atomic E-state index is 0.0454. The maximum absolute atomic E-state index is 11.7. The third kappa shape index (κ3) is 3.11. The highest BCUT2D eigenvalue weighted by molar-refractivity contribution is 5.79. The number of anilines is 1. The lowest BCUT2D eigenvalue weighted by atomic mass is 9.96. The van der Waals surface area contributed by atoms with E-state index in [1.54, 1.807) is 19.2 Å². The first-order valence-corrected chi connectivity index (χ1v) is 6.72. The first-order chi connectivity index (χ1) is 10.1. The molecule has 2 rings (SSSR count). The molecular weight excluding hydrogens is 272 g/mol. The van der Waals surface area contributed by atoms with Crippen LogP contribution in [0.25, 0.3) is 0 Å². The third-order valence-corrected chi connectivity index (χ3v) is 3.68. The molecule has 1 aliphatic rings. The van der Waals surface area contributed by atoms with E-state index in [0.717, 1.165) is 12.8 Å².